The molecule has 2 fully saturated rings. The number of fused-ring (bicyclic) bond motifs is 1. The number of pyridine rings is 1. The van der Waals surface area contributed by atoms with Crippen molar-refractivity contribution in [1.29, 1.82) is 0 Å². The molecule has 32 heavy (non-hydrogen) atoms. The number of aliphatic hydroxyl groups is 1. The van der Waals surface area contributed by atoms with Gasteiger partial charge >= 0.3 is 0 Å². The number of anilines is 3. The lowest BCUT2D eigenvalue weighted by Crippen LogP contribution is -2.54. The third-order valence-electron chi connectivity index (χ3n) is 5.85. The highest BCUT2D eigenvalue weighted by Crippen LogP contribution is 2.35. The molecule has 3 aromatic rings. The molecular formula is C21H26FN7O3. The van der Waals surface area contributed by atoms with Gasteiger partial charge in [0.2, 0.25) is 11.7 Å². The fourth-order valence-electron chi connectivity index (χ4n) is 4.35. The Morgan fingerprint density at radius 2 is 2.06 bits per heavy atom. The van der Waals surface area contributed by atoms with E-state index in [4.69, 9.17) is 9.47 Å². The first-order valence-corrected chi connectivity index (χ1v) is 10.7. The van der Waals surface area contributed by atoms with Crippen molar-refractivity contribution in [2.75, 3.05) is 36.5 Å². The number of aliphatic hydroxyl groups excluding tert-OH is 1. The fourth-order valence-corrected chi connectivity index (χ4v) is 4.35. The molecule has 170 valence electrons. The second kappa shape index (κ2) is 8.23. The quantitative estimate of drug-likeness (QED) is 0.614. The molecule has 3 aromatic heterocycles. The highest BCUT2D eigenvalue weighted by atomic mass is 19.1. The first kappa shape index (κ1) is 21.0. The number of imidazole rings is 1. The lowest BCUT2D eigenvalue weighted by Gasteiger charge is -2.40. The zero-order valence-corrected chi connectivity index (χ0v) is 18.0. The Labute approximate surface area is 184 Å². The van der Waals surface area contributed by atoms with E-state index in [2.05, 4.69) is 25.3 Å². The summed E-state index contributed by atoms with van der Waals surface area (Å²) in [5.74, 6) is 1.03. The molecule has 11 heteroatoms. The molecule has 0 saturated carbocycles. The van der Waals surface area contributed by atoms with Gasteiger partial charge in [-0.2, -0.15) is 4.98 Å². The average Bonchev–Trinajstić information content (AvgIpc) is 3.41. The van der Waals surface area contributed by atoms with Crippen LogP contribution in [0.25, 0.3) is 11.0 Å². The maximum Gasteiger partial charge on any atom is 0.227 e. The average molecular weight is 443 g/mol. The normalized spacial score (nSPS) is 20.5. The molecule has 0 amide bonds. The first-order chi connectivity index (χ1) is 15.5. The van der Waals surface area contributed by atoms with Gasteiger partial charge in [0.25, 0.3) is 0 Å². The molecule has 0 aliphatic carbocycles. The number of aromatic nitrogens is 5. The van der Waals surface area contributed by atoms with Crippen LogP contribution in [-0.4, -0.2) is 67.9 Å². The van der Waals surface area contributed by atoms with Crippen molar-refractivity contribution in [3.63, 3.8) is 0 Å². The molecule has 2 N–H and O–H groups in total. The van der Waals surface area contributed by atoms with Crippen molar-refractivity contribution >= 4 is 28.6 Å². The zero-order valence-electron chi connectivity index (χ0n) is 18.0. The molecule has 0 radical (unpaired) electrons. The SMILES string of the molecule is CC(C)n1c(CO)nc2cnc(Nc3ccnc(N4CCC5(OCCO5)C(F)C4)n3)cc21. The maximum absolute atomic E-state index is 14.8. The molecule has 5 rings (SSSR count). The number of nitrogens with zero attached hydrogens (tertiary/aromatic N) is 6. The van der Waals surface area contributed by atoms with Gasteiger partial charge in [0, 0.05) is 31.3 Å². The summed E-state index contributed by atoms with van der Waals surface area (Å²) < 4.78 is 27.9. The fraction of sp³-hybridized carbons (Fsp3) is 0.524. The summed E-state index contributed by atoms with van der Waals surface area (Å²) in [5, 5.41) is 12.8. The zero-order chi connectivity index (χ0) is 22.3. The Morgan fingerprint density at radius 3 is 2.78 bits per heavy atom. The summed E-state index contributed by atoms with van der Waals surface area (Å²) in [7, 11) is 0. The lowest BCUT2D eigenvalue weighted by molar-refractivity contribution is -0.207. The van der Waals surface area contributed by atoms with Crippen LogP contribution in [0.3, 0.4) is 0 Å². The summed E-state index contributed by atoms with van der Waals surface area (Å²) in [6, 6.07) is 3.74. The number of alkyl halides is 1. The topological polar surface area (TPSA) is 110 Å². The van der Waals surface area contributed by atoms with Crippen LogP contribution < -0.4 is 10.2 Å². The Hall–Kier alpha value is -2.89. The molecule has 10 nitrogen and oxygen atoms in total. The number of piperidine rings is 1. The molecule has 5 heterocycles. The van der Waals surface area contributed by atoms with Crippen molar-refractivity contribution in [3.05, 3.63) is 30.4 Å². The van der Waals surface area contributed by atoms with Gasteiger partial charge in [-0.1, -0.05) is 0 Å². The van der Waals surface area contributed by atoms with Gasteiger partial charge in [0.05, 0.1) is 31.5 Å². The smallest absolute Gasteiger partial charge is 0.227 e. The summed E-state index contributed by atoms with van der Waals surface area (Å²) >= 11 is 0. The monoisotopic (exact) mass is 443 g/mol. The second-order valence-corrected chi connectivity index (χ2v) is 8.25. The molecule has 2 saturated heterocycles. The molecule has 0 bridgehead atoms. The lowest BCUT2D eigenvalue weighted by atomic mass is 10.0. The second-order valence-electron chi connectivity index (χ2n) is 8.25. The maximum atomic E-state index is 14.8. The highest BCUT2D eigenvalue weighted by Gasteiger charge is 2.49. The molecule has 2 aliphatic rings. The van der Waals surface area contributed by atoms with Crippen LogP contribution >= 0.6 is 0 Å². The van der Waals surface area contributed by atoms with E-state index in [0.29, 0.717) is 55.1 Å². The van der Waals surface area contributed by atoms with Crippen molar-refractivity contribution in [2.45, 2.75) is 44.9 Å². The highest BCUT2D eigenvalue weighted by molar-refractivity contribution is 5.79. The van der Waals surface area contributed by atoms with E-state index in [1.54, 1.807) is 23.4 Å². The Bertz CT molecular complexity index is 1120. The minimum absolute atomic E-state index is 0.102. The Morgan fingerprint density at radius 1 is 1.25 bits per heavy atom. The van der Waals surface area contributed by atoms with Crippen LogP contribution in [0.1, 0.15) is 32.1 Å². The van der Waals surface area contributed by atoms with E-state index >= 15 is 0 Å². The van der Waals surface area contributed by atoms with E-state index in [1.807, 2.05) is 24.5 Å². The third-order valence-corrected chi connectivity index (χ3v) is 5.85. The predicted octanol–water partition coefficient (Wildman–Crippen LogP) is 2.33. The van der Waals surface area contributed by atoms with Crippen LogP contribution in [0, 0.1) is 0 Å². The van der Waals surface area contributed by atoms with Crippen LogP contribution in [-0.2, 0) is 16.1 Å². The summed E-state index contributed by atoms with van der Waals surface area (Å²) in [5.41, 5.74) is 1.58. The van der Waals surface area contributed by atoms with Gasteiger partial charge in [0.15, 0.2) is 6.17 Å². The van der Waals surface area contributed by atoms with E-state index in [-0.39, 0.29) is 19.2 Å². The number of hydrogen-bond donors (Lipinski definition) is 2. The molecule has 2 aliphatic heterocycles. The Kier molecular flexibility index (Phi) is 5.39. The van der Waals surface area contributed by atoms with Gasteiger partial charge in [-0.05, 0) is 19.9 Å². The predicted molar refractivity (Wildman–Crippen MR) is 116 cm³/mol. The minimum atomic E-state index is -1.28. The van der Waals surface area contributed by atoms with Crippen LogP contribution in [0.2, 0.25) is 0 Å². The standard InChI is InChI=1S/C21H26FN7O3/c1-13(2)29-15-9-18(24-10-14(15)25-19(29)12-30)26-17-3-5-23-20(27-17)28-6-4-21(16(22)11-28)31-7-8-32-21/h3,5,9-10,13,16,30H,4,6-8,11-12H2,1-2H3,(H,23,24,26,27). The number of nitrogens with one attached hydrogen (secondary N) is 1. The van der Waals surface area contributed by atoms with Crippen LogP contribution in [0.15, 0.2) is 24.5 Å². The van der Waals surface area contributed by atoms with Crippen molar-refractivity contribution in [3.8, 4) is 0 Å². The summed E-state index contributed by atoms with van der Waals surface area (Å²) in [4.78, 5) is 19.5. The summed E-state index contributed by atoms with van der Waals surface area (Å²) in [6.45, 7) is 5.40. The van der Waals surface area contributed by atoms with Crippen molar-refractivity contribution in [2.24, 2.45) is 0 Å². The van der Waals surface area contributed by atoms with Crippen LogP contribution in [0.4, 0.5) is 22.0 Å². The molecular weight excluding hydrogens is 417 g/mol. The third kappa shape index (κ3) is 3.65. The molecule has 1 atom stereocenters. The van der Waals surface area contributed by atoms with Gasteiger partial charge in [-0.25, -0.2) is 19.3 Å². The first-order valence-electron chi connectivity index (χ1n) is 10.7. The van der Waals surface area contributed by atoms with E-state index in [0.717, 1.165) is 5.52 Å². The number of hydrogen-bond acceptors (Lipinski definition) is 9. The largest absolute Gasteiger partial charge is 0.388 e. The number of ether oxygens (including phenoxy) is 2. The number of rotatable bonds is 5. The van der Waals surface area contributed by atoms with E-state index in [9.17, 15) is 9.50 Å². The van der Waals surface area contributed by atoms with Crippen molar-refractivity contribution < 1.29 is 19.0 Å². The van der Waals surface area contributed by atoms with E-state index in [1.165, 1.54) is 0 Å². The van der Waals surface area contributed by atoms with Gasteiger partial charge in [0.1, 0.15) is 29.6 Å². The van der Waals surface area contributed by atoms with Gasteiger partial charge in [-0.3, -0.25) is 0 Å². The molecule has 0 aromatic carbocycles. The van der Waals surface area contributed by atoms with Gasteiger partial charge in [-0.15, -0.1) is 0 Å². The van der Waals surface area contributed by atoms with Crippen LogP contribution in [0.5, 0.6) is 0 Å². The number of halogens is 1. The van der Waals surface area contributed by atoms with Crippen molar-refractivity contribution in [1.82, 2.24) is 24.5 Å². The Balaban J connectivity index is 1.36. The van der Waals surface area contributed by atoms with Gasteiger partial charge < -0.3 is 29.4 Å². The molecule has 1 spiro atoms. The summed E-state index contributed by atoms with van der Waals surface area (Å²) in [6.07, 6.45) is 2.43. The minimum Gasteiger partial charge on any atom is -0.388 e. The van der Waals surface area contributed by atoms with E-state index < -0.39 is 12.0 Å². The molecule has 1 unspecified atom stereocenters.